The van der Waals surface area contributed by atoms with E-state index >= 15 is 0 Å². The van der Waals surface area contributed by atoms with Crippen LogP contribution in [0.2, 0.25) is 0 Å². The van der Waals surface area contributed by atoms with Crippen LogP contribution in [0.15, 0.2) is 11.1 Å². The third kappa shape index (κ3) is 1.69. The average Bonchev–Trinajstić information content (AvgIpc) is 2.94. The predicted octanol–water partition coefficient (Wildman–Crippen LogP) is -0.432. The maximum Gasteiger partial charge on any atom is 0.246 e. The summed E-state index contributed by atoms with van der Waals surface area (Å²) < 4.78 is 28.3. The Kier molecular flexibility index (Phi) is 2.72. The van der Waals surface area contributed by atoms with Gasteiger partial charge in [-0.15, -0.1) is 0 Å². The molecular formula is C11H18N4O2S. The van der Waals surface area contributed by atoms with Crippen molar-refractivity contribution in [1.29, 1.82) is 0 Å². The number of hydrogen-bond donors (Lipinski definition) is 1. The van der Waals surface area contributed by atoms with Crippen molar-refractivity contribution in [3.8, 4) is 0 Å². The number of aryl methyl sites for hydroxylation is 1. The van der Waals surface area contributed by atoms with Gasteiger partial charge in [0.1, 0.15) is 4.90 Å². The first-order chi connectivity index (χ1) is 8.50. The van der Waals surface area contributed by atoms with Crippen LogP contribution in [0.3, 0.4) is 0 Å². The molecule has 1 aromatic rings. The zero-order valence-electron chi connectivity index (χ0n) is 10.6. The highest BCUT2D eigenvalue weighted by Crippen LogP contribution is 2.31. The van der Waals surface area contributed by atoms with Gasteiger partial charge in [-0.2, -0.15) is 9.40 Å². The number of fused-ring (bicyclic) bond motifs is 1. The van der Waals surface area contributed by atoms with E-state index in [9.17, 15) is 8.42 Å². The molecule has 3 heterocycles. The molecule has 1 N–H and O–H groups in total. The van der Waals surface area contributed by atoms with Crippen LogP contribution in [-0.2, 0) is 17.1 Å². The van der Waals surface area contributed by atoms with E-state index in [2.05, 4.69) is 10.4 Å². The molecule has 3 rings (SSSR count). The Morgan fingerprint density at radius 2 is 1.94 bits per heavy atom. The first kappa shape index (κ1) is 12.1. The van der Waals surface area contributed by atoms with Crippen molar-refractivity contribution in [2.45, 2.75) is 11.8 Å². The summed E-state index contributed by atoms with van der Waals surface area (Å²) in [5.41, 5.74) is 0.699. The molecular weight excluding hydrogens is 252 g/mol. The molecule has 0 amide bonds. The summed E-state index contributed by atoms with van der Waals surface area (Å²) in [6.07, 6.45) is 1.46. The summed E-state index contributed by atoms with van der Waals surface area (Å²) in [5.74, 6) is 0.938. The van der Waals surface area contributed by atoms with Gasteiger partial charge in [-0.3, -0.25) is 4.68 Å². The van der Waals surface area contributed by atoms with Crippen LogP contribution in [0.1, 0.15) is 5.69 Å². The van der Waals surface area contributed by atoms with Crippen LogP contribution >= 0.6 is 0 Å². The number of nitrogens with zero attached hydrogens (tertiary/aromatic N) is 3. The Labute approximate surface area is 107 Å². The van der Waals surface area contributed by atoms with Gasteiger partial charge in [0.2, 0.25) is 10.0 Å². The summed E-state index contributed by atoms with van der Waals surface area (Å²) >= 11 is 0. The fraction of sp³-hybridized carbons (Fsp3) is 0.727. The van der Waals surface area contributed by atoms with E-state index in [0.29, 0.717) is 35.5 Å². The molecule has 0 aromatic carbocycles. The lowest BCUT2D eigenvalue weighted by atomic mass is 10.0. The zero-order chi connectivity index (χ0) is 12.9. The second-order valence-corrected chi connectivity index (χ2v) is 7.12. The third-order valence-corrected chi connectivity index (χ3v) is 6.10. The lowest BCUT2D eigenvalue weighted by molar-refractivity contribution is 0.447. The molecule has 2 fully saturated rings. The van der Waals surface area contributed by atoms with Gasteiger partial charge in [-0.1, -0.05) is 0 Å². The fourth-order valence-electron chi connectivity index (χ4n) is 2.88. The first-order valence-electron chi connectivity index (χ1n) is 6.19. The number of sulfonamides is 1. The number of aromatic nitrogens is 2. The summed E-state index contributed by atoms with van der Waals surface area (Å²) in [6, 6.07) is 0. The summed E-state index contributed by atoms with van der Waals surface area (Å²) in [4.78, 5) is 0.345. The highest BCUT2D eigenvalue weighted by Gasteiger charge is 2.42. The maximum atomic E-state index is 12.6. The first-order valence-corrected chi connectivity index (χ1v) is 7.63. The topological polar surface area (TPSA) is 67.2 Å². The van der Waals surface area contributed by atoms with Crippen molar-refractivity contribution in [3.63, 3.8) is 0 Å². The minimum Gasteiger partial charge on any atom is -0.316 e. The Bertz CT molecular complexity index is 554. The number of nitrogens with one attached hydrogen (secondary N) is 1. The predicted molar refractivity (Wildman–Crippen MR) is 66.6 cm³/mol. The molecule has 2 saturated heterocycles. The van der Waals surface area contributed by atoms with Gasteiger partial charge in [0, 0.05) is 20.1 Å². The van der Waals surface area contributed by atoms with E-state index in [1.165, 1.54) is 6.20 Å². The minimum atomic E-state index is -3.37. The monoisotopic (exact) mass is 270 g/mol. The van der Waals surface area contributed by atoms with E-state index in [1.807, 2.05) is 0 Å². The molecule has 0 spiro atoms. The highest BCUT2D eigenvalue weighted by atomic mass is 32.2. The SMILES string of the molecule is Cc1c(S(=O)(=O)N2C[C@H]3CNC[C@H]3C2)cnn1C. The summed E-state index contributed by atoms with van der Waals surface area (Å²) in [6.45, 7) is 4.92. The Morgan fingerprint density at radius 1 is 1.33 bits per heavy atom. The molecule has 18 heavy (non-hydrogen) atoms. The van der Waals surface area contributed by atoms with Crippen LogP contribution in [-0.4, -0.2) is 48.7 Å². The Morgan fingerprint density at radius 3 is 2.44 bits per heavy atom. The lowest BCUT2D eigenvalue weighted by Gasteiger charge is -2.16. The van der Waals surface area contributed by atoms with Gasteiger partial charge in [-0.05, 0) is 31.8 Å². The largest absolute Gasteiger partial charge is 0.316 e. The van der Waals surface area contributed by atoms with E-state index in [0.717, 1.165) is 13.1 Å². The average molecular weight is 270 g/mol. The van der Waals surface area contributed by atoms with Crippen LogP contribution in [0, 0.1) is 18.8 Å². The Balaban J connectivity index is 1.90. The molecule has 2 aliphatic heterocycles. The smallest absolute Gasteiger partial charge is 0.246 e. The third-order valence-electron chi connectivity index (χ3n) is 4.16. The molecule has 2 aliphatic rings. The highest BCUT2D eigenvalue weighted by molar-refractivity contribution is 7.89. The molecule has 0 bridgehead atoms. The van der Waals surface area contributed by atoms with Gasteiger partial charge in [0.05, 0.1) is 11.9 Å². The standard InChI is InChI=1S/C11H18N4O2S/c1-8-11(5-13-14(8)2)18(16,17)15-6-9-3-12-4-10(9)7-15/h5,9-10,12H,3-4,6-7H2,1-2H3/t9-,10+. The second-order valence-electron chi connectivity index (χ2n) is 5.22. The molecule has 2 atom stereocenters. The zero-order valence-corrected chi connectivity index (χ0v) is 11.4. The van der Waals surface area contributed by atoms with Crippen molar-refractivity contribution in [2.24, 2.45) is 18.9 Å². The summed E-state index contributed by atoms with van der Waals surface area (Å²) in [7, 11) is -1.61. The van der Waals surface area contributed by atoms with Crippen molar-refractivity contribution in [3.05, 3.63) is 11.9 Å². The normalized spacial score (nSPS) is 28.8. The van der Waals surface area contributed by atoms with Crippen LogP contribution in [0.5, 0.6) is 0 Å². The van der Waals surface area contributed by atoms with Crippen LogP contribution in [0.4, 0.5) is 0 Å². The molecule has 0 radical (unpaired) electrons. The van der Waals surface area contributed by atoms with Crippen molar-refractivity contribution in [2.75, 3.05) is 26.2 Å². The van der Waals surface area contributed by atoms with Crippen molar-refractivity contribution in [1.82, 2.24) is 19.4 Å². The van der Waals surface area contributed by atoms with E-state index in [4.69, 9.17) is 0 Å². The van der Waals surface area contributed by atoms with Crippen molar-refractivity contribution >= 4 is 10.0 Å². The summed E-state index contributed by atoms with van der Waals surface area (Å²) in [5, 5.41) is 7.34. The molecule has 100 valence electrons. The van der Waals surface area contributed by atoms with Gasteiger partial charge >= 0.3 is 0 Å². The van der Waals surface area contributed by atoms with E-state index in [-0.39, 0.29) is 0 Å². The van der Waals surface area contributed by atoms with Crippen LogP contribution in [0.25, 0.3) is 0 Å². The minimum absolute atomic E-state index is 0.345. The second kappa shape index (κ2) is 4.04. The molecule has 6 nitrogen and oxygen atoms in total. The van der Waals surface area contributed by atoms with E-state index < -0.39 is 10.0 Å². The fourth-order valence-corrected chi connectivity index (χ4v) is 4.62. The molecule has 0 aliphatic carbocycles. The van der Waals surface area contributed by atoms with E-state index in [1.54, 1.807) is 23.0 Å². The lowest BCUT2D eigenvalue weighted by Crippen LogP contribution is -2.32. The molecule has 0 unspecified atom stereocenters. The molecule has 1 aromatic heterocycles. The number of hydrogen-bond acceptors (Lipinski definition) is 4. The van der Waals surface area contributed by atoms with Gasteiger partial charge in [-0.25, -0.2) is 8.42 Å². The van der Waals surface area contributed by atoms with Gasteiger partial charge < -0.3 is 5.32 Å². The van der Waals surface area contributed by atoms with Crippen LogP contribution < -0.4 is 5.32 Å². The van der Waals surface area contributed by atoms with Gasteiger partial charge in [0.25, 0.3) is 0 Å². The quantitative estimate of drug-likeness (QED) is 0.792. The van der Waals surface area contributed by atoms with Gasteiger partial charge in [0.15, 0.2) is 0 Å². The molecule has 0 saturated carbocycles. The maximum absolute atomic E-state index is 12.6. The molecule has 7 heteroatoms. The van der Waals surface area contributed by atoms with Crippen molar-refractivity contribution < 1.29 is 8.42 Å². The Hall–Kier alpha value is -0.920. The number of rotatable bonds is 2.